The van der Waals surface area contributed by atoms with Crippen LogP contribution in [-0.2, 0) is 4.79 Å². The number of nitrogens with one attached hydrogen (secondary N) is 2. The zero-order valence-electron chi connectivity index (χ0n) is 11.7. The van der Waals surface area contributed by atoms with Crippen molar-refractivity contribution in [1.29, 1.82) is 0 Å². The fraction of sp³-hybridized carbons (Fsp3) is 0.333. The van der Waals surface area contributed by atoms with Gasteiger partial charge in [0.1, 0.15) is 0 Å². The Kier molecular flexibility index (Phi) is 7.01. The quantitative estimate of drug-likeness (QED) is 0.618. The van der Waals surface area contributed by atoms with E-state index >= 15 is 0 Å². The lowest BCUT2D eigenvalue weighted by Crippen LogP contribution is -2.29. The molecule has 4 nitrogen and oxygen atoms in total. The minimum absolute atomic E-state index is 0.0933. The molecule has 20 heavy (non-hydrogen) atoms. The van der Waals surface area contributed by atoms with Crippen LogP contribution in [0.3, 0.4) is 0 Å². The molecular formula is C15H19BrN2O2. The lowest BCUT2D eigenvalue weighted by atomic mass is 10.2. The molecule has 0 saturated carbocycles. The number of amides is 2. The van der Waals surface area contributed by atoms with E-state index in [0.29, 0.717) is 25.1 Å². The summed E-state index contributed by atoms with van der Waals surface area (Å²) in [6.45, 7) is 4.82. The van der Waals surface area contributed by atoms with E-state index in [0.717, 1.165) is 10.0 Å². The van der Waals surface area contributed by atoms with Crippen LogP contribution in [0, 0.1) is 0 Å². The highest BCUT2D eigenvalue weighted by atomic mass is 79.9. The fourth-order valence-corrected chi connectivity index (χ4v) is 1.78. The van der Waals surface area contributed by atoms with E-state index in [-0.39, 0.29) is 11.8 Å². The smallest absolute Gasteiger partial charge is 0.251 e. The molecule has 1 aromatic carbocycles. The molecule has 0 aliphatic rings. The summed E-state index contributed by atoms with van der Waals surface area (Å²) in [6.07, 6.45) is 2.25. The second-order valence-electron chi connectivity index (χ2n) is 4.63. The highest BCUT2D eigenvalue weighted by molar-refractivity contribution is 9.10. The molecule has 0 radical (unpaired) electrons. The molecule has 0 aliphatic carbocycles. The van der Waals surface area contributed by atoms with E-state index in [1.54, 1.807) is 18.2 Å². The summed E-state index contributed by atoms with van der Waals surface area (Å²) in [5, 5.41) is 5.57. The van der Waals surface area contributed by atoms with Gasteiger partial charge in [-0.25, -0.2) is 0 Å². The first-order chi connectivity index (χ1) is 9.49. The van der Waals surface area contributed by atoms with Gasteiger partial charge in [-0.3, -0.25) is 9.59 Å². The number of carbonyl (C=O) groups excluding carboxylic acids is 2. The lowest BCUT2D eigenvalue weighted by molar-refractivity contribution is -0.116. The number of carbonyl (C=O) groups is 2. The third-order valence-corrected chi connectivity index (χ3v) is 2.99. The summed E-state index contributed by atoms with van der Waals surface area (Å²) in [7, 11) is 0. The van der Waals surface area contributed by atoms with Crippen molar-refractivity contribution >= 4 is 27.7 Å². The van der Waals surface area contributed by atoms with Gasteiger partial charge < -0.3 is 10.6 Å². The average molecular weight is 339 g/mol. The van der Waals surface area contributed by atoms with Crippen molar-refractivity contribution in [2.24, 2.45) is 0 Å². The van der Waals surface area contributed by atoms with Gasteiger partial charge in [-0.1, -0.05) is 21.5 Å². The number of hydrogen-bond acceptors (Lipinski definition) is 2. The molecular weight excluding hydrogens is 320 g/mol. The van der Waals surface area contributed by atoms with Crippen molar-refractivity contribution in [1.82, 2.24) is 10.6 Å². The Morgan fingerprint density at radius 2 is 1.70 bits per heavy atom. The van der Waals surface area contributed by atoms with Crippen LogP contribution < -0.4 is 10.6 Å². The molecule has 1 rings (SSSR count). The van der Waals surface area contributed by atoms with Gasteiger partial charge in [0.25, 0.3) is 5.91 Å². The molecule has 0 heterocycles. The van der Waals surface area contributed by atoms with Crippen molar-refractivity contribution in [3.8, 4) is 0 Å². The molecule has 2 N–H and O–H groups in total. The Bertz CT molecular complexity index is 491. The van der Waals surface area contributed by atoms with Gasteiger partial charge >= 0.3 is 0 Å². The first-order valence-electron chi connectivity index (χ1n) is 6.45. The van der Waals surface area contributed by atoms with Crippen LogP contribution in [0.4, 0.5) is 0 Å². The largest absolute Gasteiger partial charge is 0.352 e. The molecule has 0 atom stereocenters. The fourth-order valence-electron chi connectivity index (χ4n) is 1.52. The Balaban J connectivity index is 2.21. The Hall–Kier alpha value is -1.62. The van der Waals surface area contributed by atoms with Crippen molar-refractivity contribution in [2.45, 2.75) is 20.3 Å². The topological polar surface area (TPSA) is 58.2 Å². The third-order valence-electron chi connectivity index (χ3n) is 2.46. The van der Waals surface area contributed by atoms with Crippen molar-refractivity contribution in [3.63, 3.8) is 0 Å². The second kappa shape index (κ2) is 8.53. The monoisotopic (exact) mass is 338 g/mol. The van der Waals surface area contributed by atoms with Crippen LogP contribution >= 0.6 is 15.9 Å². The van der Waals surface area contributed by atoms with Crippen molar-refractivity contribution in [2.75, 3.05) is 13.1 Å². The molecule has 5 heteroatoms. The number of allylic oxidation sites excluding steroid dienone is 1. The SMILES string of the molecule is CC(C)=CC(=O)NCCCNC(=O)c1ccc(Br)cc1. The Labute approximate surface area is 127 Å². The van der Waals surface area contributed by atoms with Crippen molar-refractivity contribution < 1.29 is 9.59 Å². The van der Waals surface area contributed by atoms with Gasteiger partial charge in [-0.15, -0.1) is 0 Å². The Morgan fingerprint density at radius 3 is 2.30 bits per heavy atom. The molecule has 0 spiro atoms. The van der Waals surface area contributed by atoms with Crippen LogP contribution in [0.25, 0.3) is 0 Å². The molecule has 0 saturated heterocycles. The van der Waals surface area contributed by atoms with Crippen molar-refractivity contribution in [3.05, 3.63) is 46.0 Å². The predicted molar refractivity (Wildman–Crippen MR) is 83.5 cm³/mol. The van der Waals surface area contributed by atoms with Gasteiger partial charge in [-0.2, -0.15) is 0 Å². The minimum Gasteiger partial charge on any atom is -0.352 e. The summed E-state index contributed by atoms with van der Waals surface area (Å²) < 4.78 is 0.941. The van der Waals surface area contributed by atoms with E-state index in [2.05, 4.69) is 26.6 Å². The summed E-state index contributed by atoms with van der Waals surface area (Å²) in [5.41, 5.74) is 1.59. The van der Waals surface area contributed by atoms with Gasteiger partial charge in [-0.05, 0) is 44.5 Å². The summed E-state index contributed by atoms with van der Waals surface area (Å²) in [4.78, 5) is 23.1. The van der Waals surface area contributed by atoms with Crippen LogP contribution in [0.15, 0.2) is 40.4 Å². The summed E-state index contributed by atoms with van der Waals surface area (Å²) in [5.74, 6) is -0.197. The number of halogens is 1. The number of hydrogen-bond donors (Lipinski definition) is 2. The molecule has 0 aliphatic heterocycles. The normalized spacial score (nSPS) is 9.75. The van der Waals surface area contributed by atoms with Gasteiger partial charge in [0.15, 0.2) is 0 Å². The molecule has 0 bridgehead atoms. The van der Waals surface area contributed by atoms with E-state index < -0.39 is 0 Å². The molecule has 2 amide bonds. The predicted octanol–water partition coefficient (Wildman–Crippen LogP) is 2.65. The highest BCUT2D eigenvalue weighted by Gasteiger charge is 2.03. The Morgan fingerprint density at radius 1 is 1.10 bits per heavy atom. The van der Waals surface area contributed by atoms with Gasteiger partial charge in [0.05, 0.1) is 0 Å². The maximum Gasteiger partial charge on any atom is 0.251 e. The standard InChI is InChI=1S/C15H19BrN2O2/c1-11(2)10-14(19)17-8-3-9-18-15(20)12-4-6-13(16)7-5-12/h4-7,10H,3,8-9H2,1-2H3,(H,17,19)(H,18,20). The average Bonchev–Trinajstić information content (AvgIpc) is 2.38. The van der Waals surface area contributed by atoms with E-state index in [1.807, 2.05) is 26.0 Å². The summed E-state index contributed by atoms with van der Waals surface area (Å²) >= 11 is 3.32. The first kappa shape index (κ1) is 16.4. The van der Waals surface area contributed by atoms with E-state index in [1.165, 1.54) is 0 Å². The third kappa shape index (κ3) is 6.52. The van der Waals surface area contributed by atoms with E-state index in [9.17, 15) is 9.59 Å². The maximum atomic E-state index is 11.8. The highest BCUT2D eigenvalue weighted by Crippen LogP contribution is 2.10. The maximum absolute atomic E-state index is 11.8. The molecule has 1 aromatic rings. The molecule has 108 valence electrons. The van der Waals surface area contributed by atoms with Crippen LogP contribution in [0.2, 0.25) is 0 Å². The second-order valence-corrected chi connectivity index (χ2v) is 5.54. The van der Waals surface area contributed by atoms with Crippen LogP contribution in [0.5, 0.6) is 0 Å². The minimum atomic E-state index is -0.104. The molecule has 0 fully saturated rings. The van der Waals surface area contributed by atoms with Crippen LogP contribution in [0.1, 0.15) is 30.6 Å². The first-order valence-corrected chi connectivity index (χ1v) is 7.25. The number of rotatable bonds is 6. The van der Waals surface area contributed by atoms with Gasteiger partial charge in [0.2, 0.25) is 5.91 Å². The zero-order valence-corrected chi connectivity index (χ0v) is 13.3. The van der Waals surface area contributed by atoms with E-state index in [4.69, 9.17) is 0 Å². The van der Waals surface area contributed by atoms with Crippen LogP contribution in [-0.4, -0.2) is 24.9 Å². The lowest BCUT2D eigenvalue weighted by Gasteiger charge is -2.06. The molecule has 0 unspecified atom stereocenters. The zero-order chi connectivity index (χ0) is 15.0. The summed E-state index contributed by atoms with van der Waals surface area (Å²) in [6, 6.07) is 7.18. The van der Waals surface area contributed by atoms with Gasteiger partial charge in [0, 0.05) is 29.2 Å². The molecule has 0 aromatic heterocycles. The number of benzene rings is 1.